The van der Waals surface area contributed by atoms with Crippen LogP contribution in [-0.4, -0.2) is 21.8 Å². The molecule has 0 saturated heterocycles. The minimum absolute atomic E-state index is 0.523. The molecule has 0 aromatic heterocycles. The van der Waals surface area contributed by atoms with Crippen LogP contribution < -0.4 is 0 Å². The van der Waals surface area contributed by atoms with E-state index in [4.69, 9.17) is 12.2 Å². The van der Waals surface area contributed by atoms with E-state index in [-0.39, 0.29) is 0 Å². The van der Waals surface area contributed by atoms with Gasteiger partial charge < -0.3 is 4.90 Å². The van der Waals surface area contributed by atoms with E-state index in [1.165, 1.54) is 0 Å². The summed E-state index contributed by atoms with van der Waals surface area (Å²) in [6.07, 6.45) is 1.12. The molecule has 0 aliphatic heterocycles. The molecule has 0 heterocycles. The average Bonchev–Trinajstić information content (AvgIpc) is 1.88. The van der Waals surface area contributed by atoms with Crippen molar-refractivity contribution in [3.05, 3.63) is 0 Å². The molecule has 0 rings (SSSR count). The number of thiol groups is 1. The molecule has 10 heavy (non-hydrogen) atoms. The summed E-state index contributed by atoms with van der Waals surface area (Å²) >= 11 is 9.07. The van der Waals surface area contributed by atoms with Gasteiger partial charge in [0.1, 0.15) is 4.32 Å². The van der Waals surface area contributed by atoms with E-state index in [2.05, 4.69) is 38.3 Å². The number of thiocarbonyl (C=S) groups is 1. The fourth-order valence-corrected chi connectivity index (χ4v) is 1.50. The number of nitrogens with zero attached hydrogens (tertiary/aromatic N) is 1. The normalized spacial score (nSPS) is 12.8. The molecule has 0 aromatic rings. The van der Waals surface area contributed by atoms with Crippen LogP contribution in [0.3, 0.4) is 0 Å². The Morgan fingerprint density at radius 2 is 2.10 bits per heavy atom. The first kappa shape index (κ1) is 10.2. The SMILES string of the molecule is CCC(C)N(CC)C(=S)S. The van der Waals surface area contributed by atoms with Gasteiger partial charge in [0.05, 0.1) is 0 Å². The Morgan fingerprint density at radius 1 is 1.60 bits per heavy atom. The molecule has 1 unspecified atom stereocenters. The van der Waals surface area contributed by atoms with Gasteiger partial charge in [-0.15, -0.1) is 12.6 Å². The third kappa shape index (κ3) is 2.88. The summed E-state index contributed by atoms with van der Waals surface area (Å²) in [6, 6.07) is 0.523. The Balaban J connectivity index is 3.92. The van der Waals surface area contributed by atoms with E-state index in [0.717, 1.165) is 13.0 Å². The van der Waals surface area contributed by atoms with Crippen molar-refractivity contribution in [2.24, 2.45) is 0 Å². The topological polar surface area (TPSA) is 3.24 Å². The monoisotopic (exact) mass is 177 g/mol. The molecule has 0 radical (unpaired) electrons. The third-order valence-corrected chi connectivity index (χ3v) is 2.20. The second kappa shape index (κ2) is 4.97. The highest BCUT2D eigenvalue weighted by Gasteiger charge is 2.09. The summed E-state index contributed by atoms with van der Waals surface area (Å²) in [7, 11) is 0. The highest BCUT2D eigenvalue weighted by atomic mass is 32.1. The summed E-state index contributed by atoms with van der Waals surface area (Å²) in [5.41, 5.74) is 0. The summed E-state index contributed by atoms with van der Waals surface area (Å²) in [4.78, 5) is 2.11. The molecule has 0 N–H and O–H groups in total. The van der Waals surface area contributed by atoms with Crippen molar-refractivity contribution in [3.63, 3.8) is 0 Å². The van der Waals surface area contributed by atoms with Gasteiger partial charge in [-0.2, -0.15) is 0 Å². The van der Waals surface area contributed by atoms with Crippen molar-refractivity contribution in [3.8, 4) is 0 Å². The van der Waals surface area contributed by atoms with Gasteiger partial charge in [-0.3, -0.25) is 0 Å². The highest BCUT2D eigenvalue weighted by Crippen LogP contribution is 2.06. The maximum absolute atomic E-state index is 4.95. The lowest BCUT2D eigenvalue weighted by atomic mass is 10.2. The molecule has 0 aliphatic rings. The van der Waals surface area contributed by atoms with Crippen molar-refractivity contribution in [1.29, 1.82) is 0 Å². The van der Waals surface area contributed by atoms with Gasteiger partial charge in [-0.25, -0.2) is 0 Å². The fraction of sp³-hybridized carbons (Fsp3) is 0.857. The van der Waals surface area contributed by atoms with Crippen LogP contribution in [0.2, 0.25) is 0 Å². The van der Waals surface area contributed by atoms with Crippen LogP contribution in [0.1, 0.15) is 27.2 Å². The van der Waals surface area contributed by atoms with Gasteiger partial charge in [0.25, 0.3) is 0 Å². The minimum atomic E-state index is 0.523. The van der Waals surface area contributed by atoms with Gasteiger partial charge >= 0.3 is 0 Å². The van der Waals surface area contributed by atoms with Crippen molar-refractivity contribution < 1.29 is 0 Å². The maximum Gasteiger partial charge on any atom is 0.133 e. The standard InChI is InChI=1S/C7H15NS2/c1-4-6(3)8(5-2)7(9)10/h6H,4-5H2,1-3H3,(H,9,10). The first-order chi connectivity index (χ1) is 4.63. The van der Waals surface area contributed by atoms with E-state index in [9.17, 15) is 0 Å². The quantitative estimate of drug-likeness (QED) is 0.520. The van der Waals surface area contributed by atoms with E-state index >= 15 is 0 Å². The van der Waals surface area contributed by atoms with E-state index < -0.39 is 0 Å². The molecule has 3 heteroatoms. The molecule has 0 spiro atoms. The molecule has 0 bridgehead atoms. The average molecular weight is 177 g/mol. The van der Waals surface area contributed by atoms with Crippen molar-refractivity contribution >= 4 is 29.2 Å². The van der Waals surface area contributed by atoms with E-state index in [1.807, 2.05) is 0 Å². The number of hydrogen-bond acceptors (Lipinski definition) is 1. The molecule has 60 valence electrons. The first-order valence-electron chi connectivity index (χ1n) is 3.63. The second-order valence-corrected chi connectivity index (χ2v) is 3.44. The molecule has 0 saturated carbocycles. The van der Waals surface area contributed by atoms with Crippen LogP contribution in [0.15, 0.2) is 0 Å². The first-order valence-corrected chi connectivity index (χ1v) is 4.48. The molecule has 0 amide bonds. The van der Waals surface area contributed by atoms with Gasteiger partial charge in [-0.05, 0) is 20.3 Å². The zero-order valence-corrected chi connectivity index (χ0v) is 8.51. The molecule has 1 nitrogen and oxygen atoms in total. The number of hydrogen-bond donors (Lipinski definition) is 1. The Bertz CT molecular complexity index is 114. The second-order valence-electron chi connectivity index (χ2n) is 2.33. The van der Waals surface area contributed by atoms with E-state index in [0.29, 0.717) is 10.4 Å². The largest absolute Gasteiger partial charge is 0.355 e. The third-order valence-electron chi connectivity index (χ3n) is 1.71. The fourth-order valence-electron chi connectivity index (χ4n) is 0.856. The van der Waals surface area contributed by atoms with Crippen molar-refractivity contribution in [2.45, 2.75) is 33.2 Å². The smallest absolute Gasteiger partial charge is 0.133 e. The Kier molecular flexibility index (Phi) is 5.09. The van der Waals surface area contributed by atoms with Crippen LogP contribution in [0.4, 0.5) is 0 Å². The summed E-state index contributed by atoms with van der Waals surface area (Å²) in [5, 5.41) is 0. The zero-order valence-electron chi connectivity index (χ0n) is 6.79. The lowest BCUT2D eigenvalue weighted by molar-refractivity contribution is 0.348. The molecule has 1 atom stereocenters. The molecule has 0 fully saturated rings. The minimum Gasteiger partial charge on any atom is -0.355 e. The van der Waals surface area contributed by atoms with E-state index in [1.54, 1.807) is 0 Å². The van der Waals surface area contributed by atoms with Crippen LogP contribution >= 0.6 is 24.8 Å². The lowest BCUT2D eigenvalue weighted by Crippen LogP contribution is -2.34. The Labute approximate surface area is 74.2 Å². The van der Waals surface area contributed by atoms with Gasteiger partial charge in [0.15, 0.2) is 0 Å². The highest BCUT2D eigenvalue weighted by molar-refractivity contribution is 8.10. The summed E-state index contributed by atoms with van der Waals surface area (Å²) in [5.74, 6) is 0. The van der Waals surface area contributed by atoms with Crippen LogP contribution in [0.25, 0.3) is 0 Å². The molecule has 0 aromatic carbocycles. The summed E-state index contributed by atoms with van der Waals surface area (Å²) < 4.78 is 0.705. The van der Waals surface area contributed by atoms with Crippen LogP contribution in [0.5, 0.6) is 0 Å². The molecule has 0 aliphatic carbocycles. The maximum atomic E-state index is 4.95. The predicted molar refractivity (Wildman–Crippen MR) is 53.7 cm³/mol. The van der Waals surface area contributed by atoms with Crippen LogP contribution in [-0.2, 0) is 0 Å². The molecular formula is C7H15NS2. The van der Waals surface area contributed by atoms with Gasteiger partial charge in [0.2, 0.25) is 0 Å². The van der Waals surface area contributed by atoms with Gasteiger partial charge in [0, 0.05) is 12.6 Å². The van der Waals surface area contributed by atoms with Crippen molar-refractivity contribution in [1.82, 2.24) is 4.90 Å². The molecular weight excluding hydrogens is 162 g/mol. The number of rotatable bonds is 3. The van der Waals surface area contributed by atoms with Gasteiger partial charge in [-0.1, -0.05) is 19.1 Å². The summed E-state index contributed by atoms with van der Waals surface area (Å²) in [6.45, 7) is 7.36. The predicted octanol–water partition coefficient (Wildman–Crippen LogP) is 2.32. The van der Waals surface area contributed by atoms with Crippen molar-refractivity contribution in [2.75, 3.05) is 6.54 Å². The zero-order chi connectivity index (χ0) is 8.15. The Morgan fingerprint density at radius 3 is 2.20 bits per heavy atom. The van der Waals surface area contributed by atoms with Crippen LogP contribution in [0, 0.1) is 0 Å². The Hall–Kier alpha value is 0.240. The lowest BCUT2D eigenvalue weighted by Gasteiger charge is -2.27.